The van der Waals surface area contributed by atoms with E-state index in [2.05, 4.69) is 20.2 Å². The molecule has 2 rings (SSSR count). The third kappa shape index (κ3) is 4.44. The van der Waals surface area contributed by atoms with E-state index in [4.69, 9.17) is 16.3 Å². The molecule has 0 fully saturated rings. The Kier molecular flexibility index (Phi) is 5.24. The number of nitrogens with zero attached hydrogens (tertiary/aromatic N) is 3. The van der Waals surface area contributed by atoms with Gasteiger partial charge in [-0.15, -0.1) is 10.2 Å². The Morgan fingerprint density at radius 2 is 1.78 bits per heavy atom. The lowest BCUT2D eigenvalue weighted by Gasteiger charge is -2.12. The molecule has 1 aromatic heterocycles. The maximum atomic E-state index is 11.7. The summed E-state index contributed by atoms with van der Waals surface area (Å²) in [5.74, 6) is 1.13. The molecule has 10 heteroatoms. The molecular weight excluding hydrogens is 342 g/mol. The highest BCUT2D eigenvalue weighted by atomic mass is 35.5. The Bertz CT molecular complexity index is 781. The molecule has 0 aliphatic carbocycles. The molecule has 2 aromatic rings. The van der Waals surface area contributed by atoms with Gasteiger partial charge in [0, 0.05) is 19.8 Å². The highest BCUT2D eigenvalue weighted by Crippen LogP contribution is 2.28. The standard InChI is InChI=1S/C13H16ClN5O3S/c1-19(2)23(20,21)18-13-7-6-12(16-17-13)15-9-4-5-11(22-3)10(14)8-9/h4-8H,1-3H3,(H,15,16)(H,17,18). The van der Waals surface area contributed by atoms with Crippen LogP contribution < -0.4 is 14.8 Å². The fraction of sp³-hybridized carbons (Fsp3) is 0.231. The lowest BCUT2D eigenvalue weighted by atomic mass is 10.3. The fourth-order valence-corrected chi connectivity index (χ4v) is 2.38. The molecule has 1 heterocycles. The van der Waals surface area contributed by atoms with Gasteiger partial charge >= 0.3 is 10.2 Å². The summed E-state index contributed by atoms with van der Waals surface area (Å²) in [6.07, 6.45) is 0. The molecule has 0 atom stereocenters. The van der Waals surface area contributed by atoms with Crippen molar-refractivity contribution in [2.45, 2.75) is 0 Å². The van der Waals surface area contributed by atoms with Crippen molar-refractivity contribution in [1.29, 1.82) is 0 Å². The van der Waals surface area contributed by atoms with E-state index >= 15 is 0 Å². The Morgan fingerprint density at radius 1 is 1.13 bits per heavy atom. The van der Waals surface area contributed by atoms with Crippen molar-refractivity contribution < 1.29 is 13.2 Å². The lowest BCUT2D eigenvalue weighted by Crippen LogP contribution is -2.29. The number of methoxy groups -OCH3 is 1. The average molecular weight is 358 g/mol. The van der Waals surface area contributed by atoms with Gasteiger partial charge in [0.15, 0.2) is 11.6 Å². The number of ether oxygens (including phenoxy) is 1. The second-order valence-corrected chi connectivity index (χ2v) is 6.96. The van der Waals surface area contributed by atoms with Gasteiger partial charge in [-0.25, -0.2) is 0 Å². The monoisotopic (exact) mass is 357 g/mol. The summed E-state index contributed by atoms with van der Waals surface area (Å²) < 4.78 is 31.8. The maximum Gasteiger partial charge on any atom is 0.302 e. The van der Waals surface area contributed by atoms with E-state index in [0.29, 0.717) is 22.3 Å². The molecule has 0 spiro atoms. The Morgan fingerprint density at radius 3 is 2.30 bits per heavy atom. The second kappa shape index (κ2) is 6.99. The highest BCUT2D eigenvalue weighted by Gasteiger charge is 2.13. The van der Waals surface area contributed by atoms with Gasteiger partial charge in [-0.2, -0.15) is 12.7 Å². The number of benzene rings is 1. The molecule has 0 unspecified atom stereocenters. The van der Waals surface area contributed by atoms with Crippen LogP contribution in [-0.4, -0.2) is 44.1 Å². The van der Waals surface area contributed by atoms with E-state index in [1.54, 1.807) is 24.3 Å². The van der Waals surface area contributed by atoms with Crippen LogP contribution in [0.15, 0.2) is 30.3 Å². The summed E-state index contributed by atoms with van der Waals surface area (Å²) in [6, 6.07) is 8.28. The molecule has 0 amide bonds. The smallest absolute Gasteiger partial charge is 0.302 e. The van der Waals surface area contributed by atoms with Crippen LogP contribution in [0.25, 0.3) is 0 Å². The van der Waals surface area contributed by atoms with Gasteiger partial charge in [-0.1, -0.05) is 11.6 Å². The summed E-state index contributed by atoms with van der Waals surface area (Å²) in [5, 5.41) is 11.2. The van der Waals surface area contributed by atoms with Crippen LogP contribution in [0.2, 0.25) is 5.02 Å². The van der Waals surface area contributed by atoms with E-state index in [1.165, 1.54) is 27.3 Å². The van der Waals surface area contributed by atoms with Crippen LogP contribution >= 0.6 is 11.6 Å². The van der Waals surface area contributed by atoms with Crippen molar-refractivity contribution in [3.05, 3.63) is 35.4 Å². The molecule has 0 radical (unpaired) electrons. The first-order chi connectivity index (χ1) is 10.8. The van der Waals surface area contributed by atoms with Gasteiger partial charge in [0.05, 0.1) is 12.1 Å². The van der Waals surface area contributed by atoms with Crippen molar-refractivity contribution in [3.63, 3.8) is 0 Å². The molecule has 0 bridgehead atoms. The molecule has 8 nitrogen and oxygen atoms in total. The van der Waals surface area contributed by atoms with Crippen LogP contribution in [0.3, 0.4) is 0 Å². The van der Waals surface area contributed by atoms with Crippen LogP contribution in [0.1, 0.15) is 0 Å². The topological polar surface area (TPSA) is 96.5 Å². The number of rotatable bonds is 6. The molecule has 124 valence electrons. The summed E-state index contributed by atoms with van der Waals surface area (Å²) >= 11 is 6.04. The minimum absolute atomic E-state index is 0.122. The normalized spacial score (nSPS) is 11.3. The van der Waals surface area contributed by atoms with E-state index in [-0.39, 0.29) is 5.82 Å². The van der Waals surface area contributed by atoms with Crippen LogP contribution in [0, 0.1) is 0 Å². The SMILES string of the molecule is COc1ccc(Nc2ccc(NS(=O)(=O)N(C)C)nn2)cc1Cl. The Balaban J connectivity index is 2.10. The van der Waals surface area contributed by atoms with Gasteiger partial charge in [0.25, 0.3) is 0 Å². The zero-order chi connectivity index (χ0) is 17.0. The first-order valence-electron chi connectivity index (χ1n) is 6.46. The van der Waals surface area contributed by atoms with Gasteiger partial charge < -0.3 is 10.1 Å². The van der Waals surface area contributed by atoms with E-state index in [0.717, 1.165) is 4.31 Å². The number of nitrogens with one attached hydrogen (secondary N) is 2. The lowest BCUT2D eigenvalue weighted by molar-refractivity contribution is 0.415. The molecule has 0 saturated heterocycles. The van der Waals surface area contributed by atoms with Gasteiger partial charge in [-0.05, 0) is 30.3 Å². The molecule has 0 aliphatic rings. The van der Waals surface area contributed by atoms with Gasteiger partial charge in [-0.3, -0.25) is 4.72 Å². The van der Waals surface area contributed by atoms with Crippen molar-refractivity contribution in [2.24, 2.45) is 0 Å². The van der Waals surface area contributed by atoms with E-state index < -0.39 is 10.2 Å². The average Bonchev–Trinajstić information content (AvgIpc) is 2.49. The van der Waals surface area contributed by atoms with Crippen LogP contribution in [0.4, 0.5) is 17.3 Å². The number of aromatic nitrogens is 2. The molecule has 2 N–H and O–H groups in total. The Labute approximate surface area is 139 Å². The van der Waals surface area contributed by atoms with Crippen LogP contribution in [-0.2, 0) is 10.2 Å². The largest absolute Gasteiger partial charge is 0.495 e. The number of anilines is 3. The molecule has 1 aromatic carbocycles. The first-order valence-corrected chi connectivity index (χ1v) is 8.28. The predicted octanol–water partition coefficient (Wildman–Crippen LogP) is 2.10. The van der Waals surface area contributed by atoms with Crippen LogP contribution in [0.5, 0.6) is 5.75 Å². The fourth-order valence-electron chi connectivity index (χ4n) is 1.57. The third-order valence-electron chi connectivity index (χ3n) is 2.80. The quantitative estimate of drug-likeness (QED) is 0.821. The van der Waals surface area contributed by atoms with Gasteiger partial charge in [0.1, 0.15) is 5.75 Å². The maximum absolute atomic E-state index is 11.7. The molecule has 0 saturated carbocycles. The number of halogens is 1. The van der Waals surface area contributed by atoms with Gasteiger partial charge in [0.2, 0.25) is 0 Å². The Hall–Kier alpha value is -2.10. The summed E-state index contributed by atoms with van der Waals surface area (Å²) in [6.45, 7) is 0. The minimum Gasteiger partial charge on any atom is -0.495 e. The van der Waals surface area contributed by atoms with Crippen molar-refractivity contribution in [2.75, 3.05) is 31.2 Å². The number of hydrogen-bond acceptors (Lipinski definition) is 6. The summed E-state index contributed by atoms with van der Waals surface area (Å²) in [7, 11) is 0.759. The van der Waals surface area contributed by atoms with Crippen molar-refractivity contribution in [3.8, 4) is 5.75 Å². The molecule has 0 aliphatic heterocycles. The highest BCUT2D eigenvalue weighted by molar-refractivity contribution is 7.90. The summed E-state index contributed by atoms with van der Waals surface area (Å²) in [5.41, 5.74) is 0.701. The second-order valence-electron chi connectivity index (χ2n) is 4.67. The zero-order valence-corrected chi connectivity index (χ0v) is 14.3. The third-order valence-corrected chi connectivity index (χ3v) is 4.53. The molecular formula is C13H16ClN5O3S. The number of hydrogen-bond donors (Lipinski definition) is 2. The summed E-state index contributed by atoms with van der Waals surface area (Å²) in [4.78, 5) is 0. The van der Waals surface area contributed by atoms with E-state index in [1.807, 2.05) is 0 Å². The zero-order valence-electron chi connectivity index (χ0n) is 12.7. The molecule has 23 heavy (non-hydrogen) atoms. The minimum atomic E-state index is -3.61. The van der Waals surface area contributed by atoms with Crippen molar-refractivity contribution >= 4 is 39.1 Å². The predicted molar refractivity (Wildman–Crippen MR) is 89.5 cm³/mol. The van der Waals surface area contributed by atoms with E-state index in [9.17, 15) is 8.42 Å². The first kappa shape index (κ1) is 17.3. The van der Waals surface area contributed by atoms with Crippen molar-refractivity contribution in [1.82, 2.24) is 14.5 Å².